The van der Waals surface area contributed by atoms with Crippen molar-refractivity contribution >= 4 is 55.8 Å². The van der Waals surface area contributed by atoms with Crippen LogP contribution in [0.3, 0.4) is 0 Å². The first kappa shape index (κ1) is 16.4. The van der Waals surface area contributed by atoms with Crippen molar-refractivity contribution in [1.29, 1.82) is 0 Å². The number of benzene rings is 1. The summed E-state index contributed by atoms with van der Waals surface area (Å²) in [4.78, 5) is 34.4. The zero-order valence-corrected chi connectivity index (χ0v) is 14.3. The highest BCUT2D eigenvalue weighted by molar-refractivity contribution is 9.11. The van der Waals surface area contributed by atoms with Gasteiger partial charge in [0.05, 0.1) is 8.95 Å². The summed E-state index contributed by atoms with van der Waals surface area (Å²) in [6.07, 6.45) is 2.99. The van der Waals surface area contributed by atoms with Crippen molar-refractivity contribution in [3.05, 3.63) is 44.9 Å². The number of hydrogen-bond acceptors (Lipinski definition) is 4. The van der Waals surface area contributed by atoms with Gasteiger partial charge in [-0.25, -0.2) is 4.79 Å². The van der Waals surface area contributed by atoms with Gasteiger partial charge >= 0.3 is 6.03 Å². The zero-order valence-electron chi connectivity index (χ0n) is 11.1. The van der Waals surface area contributed by atoms with Crippen molar-refractivity contribution in [2.75, 3.05) is 6.61 Å². The normalized spacial score (nSPS) is 14.3. The van der Waals surface area contributed by atoms with Crippen molar-refractivity contribution in [2.24, 2.45) is 0 Å². The summed E-state index contributed by atoms with van der Waals surface area (Å²) in [5, 5.41) is 4.02. The van der Waals surface area contributed by atoms with E-state index in [1.807, 2.05) is 10.6 Å². The maximum Gasteiger partial charge on any atom is 0.328 e. The Morgan fingerprint density at radius 2 is 1.64 bits per heavy atom. The molecular weight excluding hydrogens is 420 g/mol. The highest BCUT2D eigenvalue weighted by Gasteiger charge is 2.27. The van der Waals surface area contributed by atoms with Crippen LogP contribution in [0.2, 0.25) is 0 Å². The van der Waals surface area contributed by atoms with Crippen LogP contribution < -0.4 is 15.4 Å². The minimum atomic E-state index is -0.831. The summed E-state index contributed by atoms with van der Waals surface area (Å²) < 4.78 is 6.77. The van der Waals surface area contributed by atoms with E-state index in [4.69, 9.17) is 4.74 Å². The van der Waals surface area contributed by atoms with E-state index in [-0.39, 0.29) is 5.57 Å². The predicted molar refractivity (Wildman–Crippen MR) is 87.2 cm³/mol. The quantitative estimate of drug-likeness (QED) is 0.437. The fraction of sp³-hybridized carbons (Fsp3) is 0.0714. The molecule has 0 bridgehead atoms. The first-order valence-corrected chi connectivity index (χ1v) is 7.62. The van der Waals surface area contributed by atoms with Gasteiger partial charge in [0.25, 0.3) is 11.8 Å². The predicted octanol–water partition coefficient (Wildman–Crippen LogP) is 2.53. The van der Waals surface area contributed by atoms with E-state index >= 15 is 0 Å². The lowest BCUT2D eigenvalue weighted by atomic mass is 10.1. The molecule has 0 saturated carbocycles. The molecule has 0 unspecified atom stereocenters. The Hall–Kier alpha value is -1.93. The van der Waals surface area contributed by atoms with Crippen LogP contribution in [-0.2, 0) is 9.59 Å². The van der Waals surface area contributed by atoms with E-state index in [9.17, 15) is 14.4 Å². The van der Waals surface area contributed by atoms with Crippen LogP contribution in [0.5, 0.6) is 5.75 Å². The standard InChI is InChI=1S/C14H10Br2N2O4/c1-2-3-22-11-9(15)5-7(6-10(11)16)4-8-12(19)17-14(21)18-13(8)20/h2,4-6H,1,3H2,(H2,17,18,19,20,21). The summed E-state index contributed by atoms with van der Waals surface area (Å²) in [6.45, 7) is 3.91. The smallest absolute Gasteiger partial charge is 0.328 e. The Balaban J connectivity index is 2.35. The molecule has 1 saturated heterocycles. The highest BCUT2D eigenvalue weighted by atomic mass is 79.9. The third-order valence-electron chi connectivity index (χ3n) is 2.62. The fourth-order valence-electron chi connectivity index (χ4n) is 1.72. The molecule has 0 aliphatic carbocycles. The van der Waals surface area contributed by atoms with Crippen LogP contribution in [0.4, 0.5) is 4.79 Å². The van der Waals surface area contributed by atoms with E-state index in [0.717, 1.165) is 0 Å². The van der Waals surface area contributed by atoms with Crippen molar-refractivity contribution in [3.63, 3.8) is 0 Å². The molecule has 1 aromatic carbocycles. The summed E-state index contributed by atoms with van der Waals surface area (Å²) in [6, 6.07) is 2.54. The molecule has 4 amide bonds. The number of nitrogens with one attached hydrogen (secondary N) is 2. The van der Waals surface area contributed by atoms with E-state index < -0.39 is 17.8 Å². The second-order valence-electron chi connectivity index (χ2n) is 4.21. The molecular formula is C14H10Br2N2O4. The summed E-state index contributed by atoms with van der Waals surface area (Å²) in [7, 11) is 0. The van der Waals surface area contributed by atoms with E-state index in [0.29, 0.717) is 26.9 Å². The van der Waals surface area contributed by atoms with Gasteiger partial charge in [0.15, 0.2) is 0 Å². The zero-order chi connectivity index (χ0) is 16.3. The topological polar surface area (TPSA) is 84.5 Å². The Labute approximate surface area is 142 Å². The minimum absolute atomic E-state index is 0.154. The molecule has 1 heterocycles. The molecule has 8 heteroatoms. The number of carbonyl (C=O) groups excluding carboxylic acids is 3. The lowest BCUT2D eigenvalue weighted by molar-refractivity contribution is -0.123. The van der Waals surface area contributed by atoms with E-state index in [1.54, 1.807) is 18.2 Å². The molecule has 1 fully saturated rings. The second-order valence-corrected chi connectivity index (χ2v) is 5.92. The van der Waals surface area contributed by atoms with Gasteiger partial charge in [0.1, 0.15) is 17.9 Å². The lowest BCUT2D eigenvalue weighted by Crippen LogP contribution is -2.51. The van der Waals surface area contributed by atoms with Gasteiger partial charge in [0.2, 0.25) is 0 Å². The summed E-state index contributed by atoms with van der Waals surface area (Å²) >= 11 is 6.72. The molecule has 22 heavy (non-hydrogen) atoms. The first-order valence-electron chi connectivity index (χ1n) is 6.03. The van der Waals surface area contributed by atoms with Crippen LogP contribution in [0, 0.1) is 0 Å². The number of ether oxygens (including phenoxy) is 1. The van der Waals surface area contributed by atoms with Crippen LogP contribution in [0.25, 0.3) is 6.08 Å². The molecule has 1 aliphatic heterocycles. The molecule has 0 aromatic heterocycles. The number of urea groups is 1. The number of imide groups is 2. The van der Waals surface area contributed by atoms with Gasteiger partial charge in [-0.15, -0.1) is 0 Å². The lowest BCUT2D eigenvalue weighted by Gasteiger charge is -2.14. The molecule has 2 rings (SSSR count). The van der Waals surface area contributed by atoms with Crippen molar-refractivity contribution in [3.8, 4) is 5.75 Å². The van der Waals surface area contributed by atoms with Gasteiger partial charge in [0, 0.05) is 0 Å². The third kappa shape index (κ3) is 3.63. The number of halogens is 2. The number of rotatable bonds is 4. The second kappa shape index (κ2) is 6.89. The first-order chi connectivity index (χ1) is 10.4. The van der Waals surface area contributed by atoms with Crippen LogP contribution in [0.15, 0.2) is 39.3 Å². The molecule has 1 aliphatic rings. The molecule has 6 nitrogen and oxygen atoms in total. The van der Waals surface area contributed by atoms with Crippen molar-refractivity contribution < 1.29 is 19.1 Å². The Kier molecular flexibility index (Phi) is 5.15. The third-order valence-corrected chi connectivity index (χ3v) is 3.80. The Bertz CT molecular complexity index is 668. The summed E-state index contributed by atoms with van der Waals surface area (Å²) in [5.74, 6) is -0.907. The molecule has 0 spiro atoms. The fourth-order valence-corrected chi connectivity index (χ4v) is 3.17. The van der Waals surface area contributed by atoms with E-state index in [2.05, 4.69) is 38.4 Å². The van der Waals surface area contributed by atoms with Gasteiger partial charge in [-0.3, -0.25) is 20.2 Å². The largest absolute Gasteiger partial charge is 0.487 e. The van der Waals surface area contributed by atoms with Gasteiger partial charge < -0.3 is 4.74 Å². The average Bonchev–Trinajstić information content (AvgIpc) is 2.42. The Morgan fingerprint density at radius 3 is 2.14 bits per heavy atom. The molecule has 0 radical (unpaired) electrons. The number of amides is 4. The number of carbonyl (C=O) groups is 3. The van der Waals surface area contributed by atoms with Crippen LogP contribution in [-0.4, -0.2) is 24.5 Å². The SMILES string of the molecule is C=CCOc1c(Br)cc(C=C2C(=O)NC(=O)NC2=O)cc1Br. The van der Waals surface area contributed by atoms with Crippen molar-refractivity contribution in [2.45, 2.75) is 0 Å². The molecule has 0 atom stereocenters. The average molecular weight is 430 g/mol. The number of hydrogen-bond donors (Lipinski definition) is 2. The van der Waals surface area contributed by atoms with Crippen LogP contribution in [0.1, 0.15) is 5.56 Å². The highest BCUT2D eigenvalue weighted by Crippen LogP contribution is 2.35. The van der Waals surface area contributed by atoms with E-state index in [1.165, 1.54) is 6.08 Å². The molecule has 2 N–H and O–H groups in total. The molecule has 114 valence electrons. The van der Waals surface area contributed by atoms with Gasteiger partial charge in [-0.2, -0.15) is 0 Å². The molecule has 1 aromatic rings. The maximum absolute atomic E-state index is 11.7. The number of barbiturate groups is 1. The van der Waals surface area contributed by atoms with Gasteiger partial charge in [-0.1, -0.05) is 12.7 Å². The van der Waals surface area contributed by atoms with Crippen LogP contribution >= 0.6 is 31.9 Å². The minimum Gasteiger partial charge on any atom is -0.487 e. The van der Waals surface area contributed by atoms with Gasteiger partial charge in [-0.05, 0) is 55.6 Å². The maximum atomic E-state index is 11.7. The Morgan fingerprint density at radius 1 is 1.09 bits per heavy atom. The monoisotopic (exact) mass is 428 g/mol. The summed E-state index contributed by atoms with van der Waals surface area (Å²) in [5.41, 5.74) is 0.428. The van der Waals surface area contributed by atoms with Crippen molar-refractivity contribution in [1.82, 2.24) is 10.6 Å².